The van der Waals surface area contributed by atoms with Crippen LogP contribution in [0.3, 0.4) is 0 Å². The zero-order valence-corrected chi connectivity index (χ0v) is 17.8. The standard InChI is InChI=1S/C22H39N.ClH.H3N/c1-4-5-6-7-8-9-10-11-12-16-19-22(23(2)3)20-21-17-14-13-15-18-21;;/h13-15,17-18,22H,4-12,16,19-20H2,1-3H3;1H;1H3. The van der Waals surface area contributed by atoms with Crippen LogP contribution in [0, 0.1) is 0 Å². The molecule has 25 heavy (non-hydrogen) atoms. The van der Waals surface area contributed by atoms with Crippen LogP contribution in [0.1, 0.15) is 83.1 Å². The molecule has 0 radical (unpaired) electrons. The van der Waals surface area contributed by atoms with Gasteiger partial charge in [0.05, 0.1) is 0 Å². The van der Waals surface area contributed by atoms with E-state index in [-0.39, 0.29) is 18.6 Å². The Kier molecular flexibility index (Phi) is 19.4. The number of halogens is 1. The number of rotatable bonds is 14. The lowest BCUT2D eigenvalue weighted by atomic mass is 9.98. The second-order valence-electron chi connectivity index (χ2n) is 7.28. The van der Waals surface area contributed by atoms with Gasteiger partial charge in [-0.15, -0.1) is 12.4 Å². The summed E-state index contributed by atoms with van der Waals surface area (Å²) in [6.07, 6.45) is 16.8. The molecule has 0 heterocycles. The van der Waals surface area contributed by atoms with Gasteiger partial charge in [-0.25, -0.2) is 0 Å². The zero-order valence-electron chi connectivity index (χ0n) is 17.0. The lowest BCUT2D eigenvalue weighted by Gasteiger charge is -2.24. The van der Waals surface area contributed by atoms with E-state index in [2.05, 4.69) is 56.3 Å². The Bertz CT molecular complexity index is 368. The SMILES string of the molecule is CCCCCCCCCCCCC(Cc1ccccc1)N(C)C.Cl.N. The first-order valence-electron chi connectivity index (χ1n) is 9.94. The molecule has 1 atom stereocenters. The molecule has 0 amide bonds. The average molecular weight is 371 g/mol. The predicted octanol–water partition coefficient (Wildman–Crippen LogP) is 7.05. The molecule has 0 aliphatic rings. The van der Waals surface area contributed by atoms with Crippen molar-refractivity contribution in [3.63, 3.8) is 0 Å². The summed E-state index contributed by atoms with van der Waals surface area (Å²) in [7, 11) is 4.45. The van der Waals surface area contributed by atoms with Crippen molar-refractivity contribution in [2.75, 3.05) is 14.1 Å². The molecular weight excluding hydrogens is 328 g/mol. The fourth-order valence-electron chi connectivity index (χ4n) is 3.30. The van der Waals surface area contributed by atoms with Gasteiger partial charge in [0, 0.05) is 6.04 Å². The molecule has 2 nitrogen and oxygen atoms in total. The highest BCUT2D eigenvalue weighted by Crippen LogP contribution is 2.15. The average Bonchev–Trinajstić information content (AvgIpc) is 2.56. The number of hydrogen-bond donors (Lipinski definition) is 1. The van der Waals surface area contributed by atoms with E-state index in [0.29, 0.717) is 6.04 Å². The molecule has 0 aliphatic carbocycles. The van der Waals surface area contributed by atoms with E-state index in [1.165, 1.54) is 82.6 Å². The van der Waals surface area contributed by atoms with Crippen LogP contribution in [-0.4, -0.2) is 25.0 Å². The lowest BCUT2D eigenvalue weighted by molar-refractivity contribution is 0.269. The Morgan fingerprint density at radius 2 is 1.24 bits per heavy atom. The molecule has 3 N–H and O–H groups in total. The highest BCUT2D eigenvalue weighted by Gasteiger charge is 2.11. The van der Waals surface area contributed by atoms with Gasteiger partial charge in [0.25, 0.3) is 0 Å². The van der Waals surface area contributed by atoms with Crippen molar-refractivity contribution >= 4 is 12.4 Å². The first-order chi connectivity index (χ1) is 11.2. The van der Waals surface area contributed by atoms with E-state index in [0.717, 1.165) is 0 Å². The summed E-state index contributed by atoms with van der Waals surface area (Å²) in [5.74, 6) is 0. The van der Waals surface area contributed by atoms with E-state index in [1.807, 2.05) is 0 Å². The molecule has 0 saturated carbocycles. The number of unbranched alkanes of at least 4 members (excludes halogenated alkanes) is 9. The fraction of sp³-hybridized carbons (Fsp3) is 0.727. The number of likely N-dealkylation sites (N-methyl/N-ethyl adjacent to an activating group) is 1. The molecule has 3 heteroatoms. The quantitative estimate of drug-likeness (QED) is 0.356. The minimum atomic E-state index is 0. The predicted molar refractivity (Wildman–Crippen MR) is 116 cm³/mol. The molecule has 0 bridgehead atoms. The maximum Gasteiger partial charge on any atom is 0.0130 e. The van der Waals surface area contributed by atoms with Gasteiger partial charge in [-0.2, -0.15) is 0 Å². The molecule has 1 aromatic rings. The summed E-state index contributed by atoms with van der Waals surface area (Å²) in [5, 5.41) is 0. The Labute approximate surface area is 163 Å². The first kappa shape index (κ1) is 26.7. The Morgan fingerprint density at radius 1 is 0.760 bits per heavy atom. The van der Waals surface area contributed by atoms with Crippen molar-refractivity contribution in [3.05, 3.63) is 35.9 Å². The van der Waals surface area contributed by atoms with Crippen molar-refractivity contribution < 1.29 is 0 Å². The van der Waals surface area contributed by atoms with Gasteiger partial charge >= 0.3 is 0 Å². The van der Waals surface area contributed by atoms with Crippen LogP contribution in [0.25, 0.3) is 0 Å². The maximum atomic E-state index is 2.40. The third-order valence-corrected chi connectivity index (χ3v) is 4.94. The molecule has 0 saturated heterocycles. The van der Waals surface area contributed by atoms with E-state index in [1.54, 1.807) is 0 Å². The second-order valence-corrected chi connectivity index (χ2v) is 7.28. The minimum Gasteiger partial charge on any atom is -0.344 e. The summed E-state index contributed by atoms with van der Waals surface area (Å²) in [6.45, 7) is 2.29. The Hall–Kier alpha value is -0.570. The van der Waals surface area contributed by atoms with E-state index < -0.39 is 0 Å². The van der Waals surface area contributed by atoms with E-state index >= 15 is 0 Å². The van der Waals surface area contributed by atoms with E-state index in [4.69, 9.17) is 0 Å². The molecule has 0 fully saturated rings. The number of hydrogen-bond acceptors (Lipinski definition) is 2. The van der Waals surface area contributed by atoms with Gasteiger partial charge in [-0.1, -0.05) is 101 Å². The molecule has 0 spiro atoms. The van der Waals surface area contributed by atoms with Gasteiger partial charge in [0.1, 0.15) is 0 Å². The second kappa shape index (κ2) is 18.2. The number of benzene rings is 1. The van der Waals surface area contributed by atoms with Gasteiger partial charge in [0.15, 0.2) is 0 Å². The molecule has 0 aromatic heterocycles. The van der Waals surface area contributed by atoms with Crippen LogP contribution in [0.5, 0.6) is 0 Å². The molecule has 1 aromatic carbocycles. The van der Waals surface area contributed by atoms with Crippen molar-refractivity contribution in [1.82, 2.24) is 11.1 Å². The highest BCUT2D eigenvalue weighted by atomic mass is 35.5. The van der Waals surface area contributed by atoms with Crippen LogP contribution in [0.2, 0.25) is 0 Å². The fourth-order valence-corrected chi connectivity index (χ4v) is 3.30. The van der Waals surface area contributed by atoms with Crippen LogP contribution in [0.4, 0.5) is 0 Å². The van der Waals surface area contributed by atoms with Gasteiger partial charge < -0.3 is 11.1 Å². The topological polar surface area (TPSA) is 38.2 Å². The van der Waals surface area contributed by atoms with Crippen LogP contribution >= 0.6 is 12.4 Å². The minimum absolute atomic E-state index is 0. The largest absolute Gasteiger partial charge is 0.344 e. The van der Waals surface area contributed by atoms with Crippen LogP contribution in [-0.2, 0) is 6.42 Å². The third-order valence-electron chi connectivity index (χ3n) is 4.94. The van der Waals surface area contributed by atoms with Gasteiger partial charge in [-0.3, -0.25) is 0 Å². The third kappa shape index (κ3) is 14.3. The van der Waals surface area contributed by atoms with Crippen molar-refractivity contribution in [1.29, 1.82) is 0 Å². The van der Waals surface area contributed by atoms with Gasteiger partial charge in [0.2, 0.25) is 0 Å². The normalized spacial score (nSPS) is 11.7. The maximum absolute atomic E-state index is 2.40. The molecule has 1 unspecified atom stereocenters. The summed E-state index contributed by atoms with van der Waals surface area (Å²) in [4.78, 5) is 2.40. The Morgan fingerprint density at radius 3 is 1.72 bits per heavy atom. The van der Waals surface area contributed by atoms with Crippen LogP contribution < -0.4 is 6.15 Å². The monoisotopic (exact) mass is 370 g/mol. The molecular formula is C22H43ClN2. The first-order valence-corrected chi connectivity index (χ1v) is 9.94. The Balaban J connectivity index is 0. The number of nitrogens with zero attached hydrogens (tertiary/aromatic N) is 1. The summed E-state index contributed by atoms with van der Waals surface area (Å²) in [6, 6.07) is 11.6. The van der Waals surface area contributed by atoms with Gasteiger partial charge in [-0.05, 0) is 32.5 Å². The lowest BCUT2D eigenvalue weighted by Crippen LogP contribution is -2.30. The van der Waals surface area contributed by atoms with Crippen molar-refractivity contribution in [3.8, 4) is 0 Å². The van der Waals surface area contributed by atoms with Crippen LogP contribution in [0.15, 0.2) is 30.3 Å². The highest BCUT2D eigenvalue weighted by molar-refractivity contribution is 5.85. The summed E-state index contributed by atoms with van der Waals surface area (Å²) in [5.41, 5.74) is 1.47. The van der Waals surface area contributed by atoms with Crippen molar-refractivity contribution in [2.45, 2.75) is 90.0 Å². The molecule has 0 aliphatic heterocycles. The molecule has 1 rings (SSSR count). The zero-order chi connectivity index (χ0) is 16.8. The van der Waals surface area contributed by atoms with Crippen molar-refractivity contribution in [2.24, 2.45) is 0 Å². The molecule has 148 valence electrons. The summed E-state index contributed by atoms with van der Waals surface area (Å²) >= 11 is 0. The smallest absolute Gasteiger partial charge is 0.0130 e. The van der Waals surface area contributed by atoms with E-state index in [9.17, 15) is 0 Å². The summed E-state index contributed by atoms with van der Waals surface area (Å²) < 4.78 is 0.